The lowest BCUT2D eigenvalue weighted by molar-refractivity contribution is 0.0178. The van der Waals surface area contributed by atoms with Crippen LogP contribution in [-0.4, -0.2) is 63.5 Å². The Morgan fingerprint density at radius 1 is 1.12 bits per heavy atom. The Hall–Kier alpha value is -2.42. The van der Waals surface area contributed by atoms with Crippen LogP contribution < -0.4 is 5.32 Å². The van der Waals surface area contributed by atoms with Crippen LogP contribution in [0.25, 0.3) is 11.5 Å². The summed E-state index contributed by atoms with van der Waals surface area (Å²) in [6.07, 6.45) is 3.24. The van der Waals surface area contributed by atoms with Gasteiger partial charge in [0.25, 0.3) is 5.91 Å². The number of pyridine rings is 1. The SMILES string of the molecule is O=C(N[C@H]1CO[C@H]2[C@@H]1OC[C@H]2O)c1cnc(-c2ccccn2)nc1. The predicted octanol–water partition coefficient (Wildman–Crippen LogP) is -0.205. The first kappa shape index (κ1) is 15.1. The van der Waals surface area contributed by atoms with Crippen LogP contribution >= 0.6 is 0 Å². The average molecular weight is 328 g/mol. The number of aromatic nitrogens is 3. The lowest BCUT2D eigenvalue weighted by Gasteiger charge is -2.17. The molecule has 24 heavy (non-hydrogen) atoms. The van der Waals surface area contributed by atoms with E-state index in [0.29, 0.717) is 23.7 Å². The van der Waals surface area contributed by atoms with Crippen LogP contribution in [0.1, 0.15) is 10.4 Å². The third-order valence-corrected chi connectivity index (χ3v) is 4.15. The minimum atomic E-state index is -0.641. The summed E-state index contributed by atoms with van der Waals surface area (Å²) in [7, 11) is 0. The fraction of sp³-hybridized carbons (Fsp3) is 0.375. The molecule has 4 atom stereocenters. The first-order valence-corrected chi connectivity index (χ1v) is 7.68. The molecule has 1 amide bonds. The third-order valence-electron chi connectivity index (χ3n) is 4.15. The third kappa shape index (κ3) is 2.75. The number of ether oxygens (including phenoxy) is 2. The van der Waals surface area contributed by atoms with E-state index in [0.717, 1.165) is 0 Å². The summed E-state index contributed by atoms with van der Waals surface area (Å²) >= 11 is 0. The monoisotopic (exact) mass is 328 g/mol. The van der Waals surface area contributed by atoms with E-state index < -0.39 is 6.10 Å². The van der Waals surface area contributed by atoms with Crippen molar-refractivity contribution in [3.63, 3.8) is 0 Å². The molecule has 0 aliphatic carbocycles. The first-order valence-electron chi connectivity index (χ1n) is 7.68. The summed E-state index contributed by atoms with van der Waals surface area (Å²) in [4.78, 5) is 24.9. The van der Waals surface area contributed by atoms with Crippen molar-refractivity contribution in [1.82, 2.24) is 20.3 Å². The minimum absolute atomic E-state index is 0.226. The smallest absolute Gasteiger partial charge is 0.254 e. The number of nitrogens with one attached hydrogen (secondary N) is 1. The van der Waals surface area contributed by atoms with Crippen LogP contribution in [0.4, 0.5) is 0 Å². The van der Waals surface area contributed by atoms with Gasteiger partial charge in [-0.05, 0) is 12.1 Å². The molecule has 2 aliphatic rings. The van der Waals surface area contributed by atoms with E-state index in [2.05, 4.69) is 20.3 Å². The van der Waals surface area contributed by atoms with Crippen molar-refractivity contribution in [3.05, 3.63) is 42.4 Å². The van der Waals surface area contributed by atoms with Gasteiger partial charge in [0.05, 0.1) is 24.8 Å². The van der Waals surface area contributed by atoms with Crippen molar-refractivity contribution >= 4 is 5.91 Å². The topological polar surface area (TPSA) is 106 Å². The van der Waals surface area contributed by atoms with Gasteiger partial charge in [-0.2, -0.15) is 0 Å². The van der Waals surface area contributed by atoms with E-state index in [1.165, 1.54) is 12.4 Å². The zero-order valence-corrected chi connectivity index (χ0v) is 12.7. The van der Waals surface area contributed by atoms with Crippen LogP contribution in [0, 0.1) is 0 Å². The van der Waals surface area contributed by atoms with Crippen molar-refractivity contribution in [2.24, 2.45) is 0 Å². The standard InChI is InChI=1S/C16H16N4O4/c21-12-8-24-13-11(7-23-14(12)13)20-16(22)9-5-18-15(19-6-9)10-3-1-2-4-17-10/h1-6,11-14,21H,7-8H2,(H,20,22)/t11-,12+,13+,14+/m0/s1. The molecular weight excluding hydrogens is 312 g/mol. The molecular formula is C16H16N4O4. The number of fused-ring (bicyclic) bond motifs is 1. The van der Waals surface area contributed by atoms with Gasteiger partial charge in [0.15, 0.2) is 5.82 Å². The second-order valence-corrected chi connectivity index (χ2v) is 5.75. The molecule has 4 rings (SSSR count). The highest BCUT2D eigenvalue weighted by atomic mass is 16.6. The highest BCUT2D eigenvalue weighted by Gasteiger charge is 2.47. The molecule has 4 heterocycles. The molecule has 2 N–H and O–H groups in total. The van der Waals surface area contributed by atoms with Gasteiger partial charge in [-0.1, -0.05) is 6.07 Å². The van der Waals surface area contributed by atoms with Crippen LogP contribution in [-0.2, 0) is 9.47 Å². The Labute approximate surface area is 137 Å². The van der Waals surface area contributed by atoms with Gasteiger partial charge >= 0.3 is 0 Å². The van der Waals surface area contributed by atoms with Gasteiger partial charge in [-0.25, -0.2) is 9.97 Å². The molecule has 2 aromatic heterocycles. The summed E-state index contributed by atoms with van der Waals surface area (Å²) in [6.45, 7) is 0.536. The minimum Gasteiger partial charge on any atom is -0.388 e. The van der Waals surface area contributed by atoms with E-state index in [1.807, 2.05) is 12.1 Å². The Morgan fingerprint density at radius 3 is 2.67 bits per heavy atom. The molecule has 2 fully saturated rings. The summed E-state index contributed by atoms with van der Waals surface area (Å²) < 4.78 is 11.0. The van der Waals surface area contributed by atoms with Crippen molar-refractivity contribution in [2.45, 2.75) is 24.4 Å². The zero-order chi connectivity index (χ0) is 16.5. The molecule has 0 aromatic carbocycles. The normalized spacial score (nSPS) is 28.5. The number of nitrogens with zero attached hydrogens (tertiary/aromatic N) is 3. The molecule has 8 heteroatoms. The van der Waals surface area contributed by atoms with E-state index in [4.69, 9.17) is 9.47 Å². The van der Waals surface area contributed by atoms with Crippen molar-refractivity contribution in [1.29, 1.82) is 0 Å². The molecule has 0 unspecified atom stereocenters. The molecule has 2 aromatic rings. The number of hydrogen-bond acceptors (Lipinski definition) is 7. The van der Waals surface area contributed by atoms with E-state index in [1.54, 1.807) is 12.3 Å². The summed E-state index contributed by atoms with van der Waals surface area (Å²) in [6, 6.07) is 5.16. The van der Waals surface area contributed by atoms with Crippen molar-refractivity contribution in [3.8, 4) is 11.5 Å². The first-order chi connectivity index (χ1) is 11.7. The molecule has 0 saturated carbocycles. The van der Waals surface area contributed by atoms with Gasteiger partial charge in [0, 0.05) is 18.6 Å². The lowest BCUT2D eigenvalue weighted by Crippen LogP contribution is -2.44. The number of aliphatic hydroxyl groups excluding tert-OH is 1. The summed E-state index contributed by atoms with van der Waals surface area (Å²) in [5.74, 6) is 0.153. The second-order valence-electron chi connectivity index (χ2n) is 5.75. The Bertz CT molecular complexity index is 725. The van der Waals surface area contributed by atoms with Crippen molar-refractivity contribution < 1.29 is 19.4 Å². The fourth-order valence-corrected chi connectivity index (χ4v) is 2.93. The highest BCUT2D eigenvalue weighted by molar-refractivity contribution is 5.94. The van der Waals surface area contributed by atoms with Gasteiger partial charge in [0.2, 0.25) is 0 Å². The van der Waals surface area contributed by atoms with Crippen LogP contribution in [0.3, 0.4) is 0 Å². The largest absolute Gasteiger partial charge is 0.388 e. The quantitative estimate of drug-likeness (QED) is 0.803. The number of carbonyl (C=O) groups is 1. The van der Waals surface area contributed by atoms with Gasteiger partial charge in [-0.15, -0.1) is 0 Å². The van der Waals surface area contributed by atoms with Gasteiger partial charge < -0.3 is 19.9 Å². The van der Waals surface area contributed by atoms with Crippen molar-refractivity contribution in [2.75, 3.05) is 13.2 Å². The molecule has 0 bridgehead atoms. The van der Waals surface area contributed by atoms with Crippen LogP contribution in [0.5, 0.6) is 0 Å². The van der Waals surface area contributed by atoms with Gasteiger partial charge in [0.1, 0.15) is 24.0 Å². The number of amides is 1. The van der Waals surface area contributed by atoms with Crippen LogP contribution in [0.15, 0.2) is 36.8 Å². The maximum absolute atomic E-state index is 12.3. The average Bonchev–Trinajstić information content (AvgIpc) is 3.19. The number of carbonyl (C=O) groups excluding carboxylic acids is 1. The van der Waals surface area contributed by atoms with Crippen LogP contribution in [0.2, 0.25) is 0 Å². The Balaban J connectivity index is 1.44. The molecule has 124 valence electrons. The maximum atomic E-state index is 12.3. The molecule has 8 nitrogen and oxygen atoms in total. The molecule has 2 saturated heterocycles. The molecule has 0 radical (unpaired) electrons. The maximum Gasteiger partial charge on any atom is 0.254 e. The van der Waals surface area contributed by atoms with Gasteiger partial charge in [-0.3, -0.25) is 9.78 Å². The van der Waals surface area contributed by atoms with E-state index in [9.17, 15) is 9.90 Å². The Kier molecular flexibility index (Phi) is 3.93. The highest BCUT2D eigenvalue weighted by Crippen LogP contribution is 2.27. The fourth-order valence-electron chi connectivity index (χ4n) is 2.93. The number of aliphatic hydroxyl groups is 1. The van der Waals surface area contributed by atoms with E-state index in [-0.39, 0.29) is 30.8 Å². The summed E-state index contributed by atoms with van der Waals surface area (Å²) in [5.41, 5.74) is 0.988. The molecule has 2 aliphatic heterocycles. The van der Waals surface area contributed by atoms with E-state index >= 15 is 0 Å². The predicted molar refractivity (Wildman–Crippen MR) is 82.0 cm³/mol. The zero-order valence-electron chi connectivity index (χ0n) is 12.7. The second kappa shape index (κ2) is 6.23. The Morgan fingerprint density at radius 2 is 1.92 bits per heavy atom. The molecule has 0 spiro atoms. The lowest BCUT2D eigenvalue weighted by atomic mass is 10.1. The number of rotatable bonds is 3. The number of hydrogen-bond donors (Lipinski definition) is 2. The summed E-state index contributed by atoms with van der Waals surface area (Å²) in [5, 5.41) is 12.6.